The van der Waals surface area contributed by atoms with E-state index in [0.29, 0.717) is 11.1 Å². The van der Waals surface area contributed by atoms with E-state index in [1.807, 2.05) is 6.92 Å². The largest absolute Gasteiger partial charge is 0.383 e. The molecule has 0 aliphatic heterocycles. The van der Waals surface area contributed by atoms with Crippen molar-refractivity contribution in [1.82, 2.24) is 9.78 Å². The van der Waals surface area contributed by atoms with Crippen LogP contribution in [0.5, 0.6) is 0 Å². The number of hydrogen-bond acceptors (Lipinski definition) is 2. The molecule has 0 saturated carbocycles. The predicted molar refractivity (Wildman–Crippen MR) is 68.0 cm³/mol. The van der Waals surface area contributed by atoms with E-state index in [2.05, 4.69) is 5.10 Å². The van der Waals surface area contributed by atoms with E-state index < -0.39 is 11.9 Å². The van der Waals surface area contributed by atoms with Gasteiger partial charge in [-0.25, -0.2) is 4.39 Å². The van der Waals surface area contributed by atoms with Crippen LogP contribution in [0.1, 0.15) is 30.6 Å². The van der Waals surface area contributed by atoms with Crippen molar-refractivity contribution in [3.63, 3.8) is 0 Å². The monoisotopic (exact) mass is 268 g/mol. The van der Waals surface area contributed by atoms with Crippen molar-refractivity contribution in [2.45, 2.75) is 26.0 Å². The third-order valence-electron chi connectivity index (χ3n) is 2.70. The average Bonchev–Trinajstić information content (AvgIpc) is 2.81. The summed E-state index contributed by atoms with van der Waals surface area (Å²) >= 11 is 5.84. The molecular formula is C13H14ClFN2O. The van der Waals surface area contributed by atoms with Gasteiger partial charge in [-0.2, -0.15) is 5.10 Å². The lowest BCUT2D eigenvalue weighted by molar-refractivity contribution is 0.220. The third-order valence-corrected chi connectivity index (χ3v) is 3.10. The second-order valence-electron chi connectivity index (χ2n) is 4.08. The van der Waals surface area contributed by atoms with Crippen molar-refractivity contribution in [1.29, 1.82) is 0 Å². The zero-order chi connectivity index (χ0) is 13.1. The minimum absolute atomic E-state index is 0.0479. The standard InChI is InChI=1S/C13H14ClFN2O/c1-2-6-17-8-9(7-16-17)13(18)10-4-3-5-11(15)12(10)14/h3-5,7-8,13,18H,2,6H2,1H3. The Morgan fingerprint density at radius 3 is 3.00 bits per heavy atom. The molecule has 1 N–H and O–H groups in total. The molecule has 0 radical (unpaired) electrons. The molecule has 1 aromatic heterocycles. The molecule has 3 nitrogen and oxygen atoms in total. The van der Waals surface area contributed by atoms with Gasteiger partial charge in [0.2, 0.25) is 0 Å². The first-order valence-electron chi connectivity index (χ1n) is 5.77. The number of aliphatic hydroxyl groups is 1. The fourth-order valence-electron chi connectivity index (χ4n) is 1.78. The highest BCUT2D eigenvalue weighted by molar-refractivity contribution is 6.31. The maximum atomic E-state index is 13.3. The van der Waals surface area contributed by atoms with Crippen molar-refractivity contribution in [3.05, 3.63) is 52.6 Å². The van der Waals surface area contributed by atoms with Gasteiger partial charge in [0, 0.05) is 23.9 Å². The first kappa shape index (κ1) is 13.1. The lowest BCUT2D eigenvalue weighted by Gasteiger charge is -2.11. The zero-order valence-electron chi connectivity index (χ0n) is 9.98. The van der Waals surface area contributed by atoms with Gasteiger partial charge in [0.1, 0.15) is 11.9 Å². The fourth-order valence-corrected chi connectivity index (χ4v) is 2.01. The van der Waals surface area contributed by atoms with Crippen LogP contribution < -0.4 is 0 Å². The zero-order valence-corrected chi connectivity index (χ0v) is 10.7. The number of benzene rings is 1. The van der Waals surface area contributed by atoms with Crippen LogP contribution in [-0.2, 0) is 6.54 Å². The molecule has 1 aromatic carbocycles. The second kappa shape index (κ2) is 5.50. The molecule has 96 valence electrons. The first-order chi connectivity index (χ1) is 8.63. The second-order valence-corrected chi connectivity index (χ2v) is 4.46. The Morgan fingerprint density at radius 2 is 2.28 bits per heavy atom. The summed E-state index contributed by atoms with van der Waals surface area (Å²) in [6.07, 6.45) is 3.31. The SMILES string of the molecule is CCCn1cc(C(O)c2cccc(F)c2Cl)cn1. The van der Waals surface area contributed by atoms with Crippen LogP contribution in [0.15, 0.2) is 30.6 Å². The molecule has 0 amide bonds. The number of nitrogens with zero attached hydrogens (tertiary/aromatic N) is 2. The van der Waals surface area contributed by atoms with Crippen LogP contribution in [-0.4, -0.2) is 14.9 Å². The van der Waals surface area contributed by atoms with Crippen LogP contribution in [0, 0.1) is 5.82 Å². The van der Waals surface area contributed by atoms with Gasteiger partial charge in [0.25, 0.3) is 0 Å². The van der Waals surface area contributed by atoms with E-state index in [1.165, 1.54) is 12.1 Å². The summed E-state index contributed by atoms with van der Waals surface area (Å²) in [5, 5.41) is 14.3. The molecular weight excluding hydrogens is 255 g/mol. The van der Waals surface area contributed by atoms with Crippen LogP contribution in [0.4, 0.5) is 4.39 Å². The van der Waals surface area contributed by atoms with Crippen molar-refractivity contribution in [2.24, 2.45) is 0 Å². The number of aryl methyl sites for hydroxylation is 1. The van der Waals surface area contributed by atoms with E-state index >= 15 is 0 Å². The smallest absolute Gasteiger partial charge is 0.142 e. The summed E-state index contributed by atoms with van der Waals surface area (Å²) in [5.41, 5.74) is 0.962. The molecule has 2 aromatic rings. The van der Waals surface area contributed by atoms with Gasteiger partial charge in [-0.1, -0.05) is 30.7 Å². The Bertz CT molecular complexity index is 542. The molecule has 0 aliphatic rings. The minimum atomic E-state index is -0.959. The molecule has 0 bridgehead atoms. The normalized spacial score (nSPS) is 12.7. The van der Waals surface area contributed by atoms with E-state index in [0.717, 1.165) is 13.0 Å². The maximum Gasteiger partial charge on any atom is 0.142 e. The van der Waals surface area contributed by atoms with Crippen molar-refractivity contribution >= 4 is 11.6 Å². The van der Waals surface area contributed by atoms with Gasteiger partial charge in [-0.05, 0) is 12.5 Å². The van der Waals surface area contributed by atoms with Gasteiger partial charge >= 0.3 is 0 Å². The van der Waals surface area contributed by atoms with Gasteiger partial charge in [0.15, 0.2) is 0 Å². The number of halogens is 2. The lowest BCUT2D eigenvalue weighted by atomic mass is 10.0. The number of aromatic nitrogens is 2. The van der Waals surface area contributed by atoms with Crippen LogP contribution in [0.2, 0.25) is 5.02 Å². The van der Waals surface area contributed by atoms with Crippen LogP contribution in [0.25, 0.3) is 0 Å². The molecule has 0 saturated heterocycles. The minimum Gasteiger partial charge on any atom is -0.383 e. The van der Waals surface area contributed by atoms with E-state index in [4.69, 9.17) is 11.6 Å². The third kappa shape index (κ3) is 2.54. The van der Waals surface area contributed by atoms with E-state index in [9.17, 15) is 9.50 Å². The van der Waals surface area contributed by atoms with Crippen molar-refractivity contribution in [3.8, 4) is 0 Å². The summed E-state index contributed by atoms with van der Waals surface area (Å²) in [4.78, 5) is 0. The lowest BCUT2D eigenvalue weighted by Crippen LogP contribution is -2.01. The van der Waals surface area contributed by atoms with Gasteiger partial charge in [-0.3, -0.25) is 4.68 Å². The molecule has 0 aliphatic carbocycles. The highest BCUT2D eigenvalue weighted by atomic mass is 35.5. The molecule has 5 heteroatoms. The van der Waals surface area contributed by atoms with E-state index in [1.54, 1.807) is 23.1 Å². The number of hydrogen-bond donors (Lipinski definition) is 1. The van der Waals surface area contributed by atoms with Gasteiger partial charge in [0.05, 0.1) is 11.2 Å². The molecule has 18 heavy (non-hydrogen) atoms. The summed E-state index contributed by atoms with van der Waals surface area (Å²) in [6.45, 7) is 2.82. The Labute approximate surface area is 110 Å². The summed E-state index contributed by atoms with van der Waals surface area (Å²) < 4.78 is 15.1. The summed E-state index contributed by atoms with van der Waals surface area (Å²) in [7, 11) is 0. The highest BCUT2D eigenvalue weighted by Gasteiger charge is 2.17. The van der Waals surface area contributed by atoms with Gasteiger partial charge in [-0.15, -0.1) is 0 Å². The summed E-state index contributed by atoms with van der Waals surface area (Å²) in [6, 6.07) is 4.39. The number of rotatable bonds is 4. The van der Waals surface area contributed by atoms with Crippen molar-refractivity contribution < 1.29 is 9.50 Å². The first-order valence-corrected chi connectivity index (χ1v) is 6.15. The van der Waals surface area contributed by atoms with Crippen LogP contribution >= 0.6 is 11.6 Å². The fraction of sp³-hybridized carbons (Fsp3) is 0.308. The average molecular weight is 269 g/mol. The topological polar surface area (TPSA) is 38.0 Å². The molecule has 1 atom stereocenters. The predicted octanol–water partition coefficient (Wildman–Crippen LogP) is 3.17. The maximum absolute atomic E-state index is 13.3. The molecule has 2 rings (SSSR count). The number of aliphatic hydroxyl groups excluding tert-OH is 1. The Hall–Kier alpha value is -1.39. The Kier molecular flexibility index (Phi) is 3.99. The molecule has 0 spiro atoms. The van der Waals surface area contributed by atoms with Crippen molar-refractivity contribution in [2.75, 3.05) is 0 Å². The quantitative estimate of drug-likeness (QED) is 0.925. The molecule has 1 heterocycles. The Morgan fingerprint density at radius 1 is 1.50 bits per heavy atom. The summed E-state index contributed by atoms with van der Waals surface area (Å²) in [5.74, 6) is -0.533. The molecule has 0 fully saturated rings. The van der Waals surface area contributed by atoms with E-state index in [-0.39, 0.29) is 5.02 Å². The highest BCUT2D eigenvalue weighted by Crippen LogP contribution is 2.29. The molecule has 1 unspecified atom stereocenters. The van der Waals surface area contributed by atoms with Gasteiger partial charge < -0.3 is 5.11 Å². The van der Waals surface area contributed by atoms with Crippen LogP contribution in [0.3, 0.4) is 0 Å². The Balaban J connectivity index is 2.29.